The number of anilines is 1. The Balaban J connectivity index is 1.80. The zero-order valence-electron chi connectivity index (χ0n) is 12.4. The van der Waals surface area contributed by atoms with Crippen molar-refractivity contribution in [1.82, 2.24) is 25.2 Å². The number of carbonyl (C=O) groups excluding carboxylic acids is 1. The van der Waals surface area contributed by atoms with Crippen LogP contribution in [0.3, 0.4) is 0 Å². The number of carboxylic acid groups (broad SMARTS) is 1. The lowest BCUT2D eigenvalue weighted by Gasteiger charge is -2.19. The highest BCUT2D eigenvalue weighted by Crippen LogP contribution is 2.18. The molecule has 9 heteroatoms. The zero-order valence-corrected chi connectivity index (χ0v) is 12.4. The minimum absolute atomic E-state index is 0.345. The molecule has 1 aromatic carbocycles. The van der Waals surface area contributed by atoms with Crippen LogP contribution in [-0.2, 0) is 10.3 Å². The fraction of sp³-hybridized carbons (Fsp3) is 0.214. The van der Waals surface area contributed by atoms with Gasteiger partial charge in [-0.25, -0.2) is 4.79 Å². The molecule has 0 saturated carbocycles. The molecule has 0 aliphatic heterocycles. The van der Waals surface area contributed by atoms with E-state index in [-0.39, 0.29) is 5.91 Å². The van der Waals surface area contributed by atoms with Gasteiger partial charge in [0.1, 0.15) is 11.0 Å². The van der Waals surface area contributed by atoms with Gasteiger partial charge in [-0.1, -0.05) is 0 Å². The SMILES string of the molecule is CC(C)(C(=O)O)n1cc(NC(=O)c2ccc3n[nH]nc3c2)cn1. The van der Waals surface area contributed by atoms with E-state index in [1.54, 1.807) is 18.2 Å². The number of carbonyl (C=O) groups is 2. The quantitative estimate of drug-likeness (QED) is 0.665. The second kappa shape index (κ2) is 5.20. The predicted octanol–water partition coefficient (Wildman–Crippen LogP) is 1.23. The first-order chi connectivity index (χ1) is 10.9. The smallest absolute Gasteiger partial charge is 0.331 e. The Morgan fingerprint density at radius 2 is 2.00 bits per heavy atom. The molecule has 3 aromatic rings. The number of amides is 1. The number of hydrogen-bond acceptors (Lipinski definition) is 5. The topological polar surface area (TPSA) is 126 Å². The van der Waals surface area contributed by atoms with Crippen LogP contribution in [0.1, 0.15) is 24.2 Å². The average Bonchev–Trinajstić information content (AvgIpc) is 3.14. The Bertz CT molecular complexity index is 895. The molecule has 3 rings (SSSR count). The minimum atomic E-state index is -1.21. The highest BCUT2D eigenvalue weighted by molar-refractivity contribution is 6.05. The van der Waals surface area contributed by atoms with Crippen LogP contribution in [0.25, 0.3) is 11.0 Å². The summed E-state index contributed by atoms with van der Waals surface area (Å²) in [6.45, 7) is 3.04. The van der Waals surface area contributed by atoms with Crippen LogP contribution in [0.5, 0.6) is 0 Å². The lowest BCUT2D eigenvalue weighted by molar-refractivity contribution is -0.146. The van der Waals surface area contributed by atoms with Crippen LogP contribution >= 0.6 is 0 Å². The lowest BCUT2D eigenvalue weighted by atomic mass is 10.1. The standard InChI is InChI=1S/C14H14N6O3/c1-14(2,13(22)23)20-7-9(6-15-20)16-12(21)8-3-4-10-11(5-8)18-19-17-10/h3-7H,1-2H3,(H,16,21)(H,22,23)(H,17,18,19). The molecule has 23 heavy (non-hydrogen) atoms. The molecule has 0 spiro atoms. The molecule has 3 N–H and O–H groups in total. The van der Waals surface area contributed by atoms with Crippen molar-refractivity contribution in [3.63, 3.8) is 0 Å². The van der Waals surface area contributed by atoms with E-state index in [1.807, 2.05) is 0 Å². The number of rotatable bonds is 4. The van der Waals surface area contributed by atoms with Crippen molar-refractivity contribution in [2.45, 2.75) is 19.4 Å². The monoisotopic (exact) mass is 314 g/mol. The van der Waals surface area contributed by atoms with Gasteiger partial charge in [-0.15, -0.1) is 0 Å². The molecular weight excluding hydrogens is 300 g/mol. The third kappa shape index (κ3) is 2.63. The van der Waals surface area contributed by atoms with Crippen molar-refractivity contribution in [3.8, 4) is 0 Å². The summed E-state index contributed by atoms with van der Waals surface area (Å²) in [4.78, 5) is 23.5. The number of aliphatic carboxylic acids is 1. The molecule has 0 bridgehead atoms. The van der Waals surface area contributed by atoms with E-state index < -0.39 is 11.5 Å². The molecule has 0 radical (unpaired) electrons. The summed E-state index contributed by atoms with van der Waals surface area (Å²) in [7, 11) is 0. The zero-order chi connectivity index (χ0) is 16.6. The second-order valence-electron chi connectivity index (χ2n) is 5.52. The Morgan fingerprint density at radius 1 is 1.26 bits per heavy atom. The maximum Gasteiger partial charge on any atom is 0.331 e. The van der Waals surface area contributed by atoms with E-state index in [2.05, 4.69) is 25.8 Å². The van der Waals surface area contributed by atoms with E-state index in [1.165, 1.54) is 30.9 Å². The summed E-state index contributed by atoms with van der Waals surface area (Å²) in [5, 5.41) is 26.2. The third-order valence-electron chi connectivity index (χ3n) is 3.52. The maximum absolute atomic E-state index is 12.2. The lowest BCUT2D eigenvalue weighted by Crippen LogP contribution is -2.35. The fourth-order valence-corrected chi connectivity index (χ4v) is 1.98. The summed E-state index contributed by atoms with van der Waals surface area (Å²) < 4.78 is 1.28. The largest absolute Gasteiger partial charge is 0.479 e. The molecule has 0 atom stereocenters. The van der Waals surface area contributed by atoms with Crippen LogP contribution in [0, 0.1) is 0 Å². The van der Waals surface area contributed by atoms with Gasteiger partial charge in [0.05, 0.1) is 11.9 Å². The van der Waals surface area contributed by atoms with Crippen molar-refractivity contribution in [1.29, 1.82) is 0 Å². The van der Waals surface area contributed by atoms with Gasteiger partial charge >= 0.3 is 5.97 Å². The molecular formula is C14H14N6O3. The Kier molecular flexibility index (Phi) is 3.32. The second-order valence-corrected chi connectivity index (χ2v) is 5.52. The van der Waals surface area contributed by atoms with Gasteiger partial charge in [0.2, 0.25) is 0 Å². The van der Waals surface area contributed by atoms with Crippen LogP contribution in [0.2, 0.25) is 0 Å². The normalized spacial score (nSPS) is 11.6. The van der Waals surface area contributed by atoms with Crippen molar-refractivity contribution in [3.05, 3.63) is 36.2 Å². The van der Waals surface area contributed by atoms with E-state index in [0.717, 1.165) is 0 Å². The Hall–Kier alpha value is -3.23. The fourth-order valence-electron chi connectivity index (χ4n) is 1.98. The Morgan fingerprint density at radius 3 is 2.74 bits per heavy atom. The molecule has 0 unspecified atom stereocenters. The average molecular weight is 314 g/mol. The number of carboxylic acids is 1. The number of benzene rings is 1. The van der Waals surface area contributed by atoms with Gasteiger partial charge in [0.15, 0.2) is 5.54 Å². The van der Waals surface area contributed by atoms with Crippen molar-refractivity contribution in [2.24, 2.45) is 0 Å². The summed E-state index contributed by atoms with van der Waals surface area (Å²) >= 11 is 0. The van der Waals surface area contributed by atoms with Crippen LogP contribution < -0.4 is 5.32 Å². The predicted molar refractivity (Wildman–Crippen MR) is 81.0 cm³/mol. The summed E-state index contributed by atoms with van der Waals surface area (Å²) in [5.74, 6) is -1.36. The molecule has 2 aromatic heterocycles. The van der Waals surface area contributed by atoms with Gasteiger partial charge in [-0.3, -0.25) is 9.48 Å². The first-order valence-electron chi connectivity index (χ1n) is 6.78. The summed E-state index contributed by atoms with van der Waals surface area (Å²) in [5.41, 5.74) is 0.863. The highest BCUT2D eigenvalue weighted by atomic mass is 16.4. The van der Waals surface area contributed by atoms with Crippen LogP contribution in [-0.4, -0.2) is 42.2 Å². The van der Waals surface area contributed by atoms with Crippen molar-refractivity contribution < 1.29 is 14.7 Å². The van der Waals surface area contributed by atoms with E-state index in [0.29, 0.717) is 22.3 Å². The van der Waals surface area contributed by atoms with Gasteiger partial charge in [-0.05, 0) is 32.0 Å². The number of aromatic nitrogens is 5. The molecule has 2 heterocycles. The van der Waals surface area contributed by atoms with E-state index in [9.17, 15) is 14.7 Å². The Labute approximate surface area is 130 Å². The van der Waals surface area contributed by atoms with Crippen LogP contribution in [0.15, 0.2) is 30.6 Å². The molecule has 9 nitrogen and oxygen atoms in total. The number of H-pyrrole nitrogens is 1. The van der Waals surface area contributed by atoms with E-state index >= 15 is 0 Å². The number of nitrogens with one attached hydrogen (secondary N) is 2. The van der Waals surface area contributed by atoms with Crippen molar-refractivity contribution >= 4 is 28.6 Å². The first-order valence-corrected chi connectivity index (χ1v) is 6.78. The minimum Gasteiger partial charge on any atom is -0.479 e. The highest BCUT2D eigenvalue weighted by Gasteiger charge is 2.30. The molecule has 118 valence electrons. The van der Waals surface area contributed by atoms with Crippen molar-refractivity contribution in [2.75, 3.05) is 5.32 Å². The van der Waals surface area contributed by atoms with E-state index in [4.69, 9.17) is 0 Å². The number of aromatic amines is 1. The molecule has 0 aliphatic rings. The van der Waals surface area contributed by atoms with Gasteiger partial charge in [0, 0.05) is 11.8 Å². The first kappa shape index (κ1) is 14.7. The molecule has 0 aliphatic carbocycles. The molecule has 0 fully saturated rings. The van der Waals surface area contributed by atoms with Gasteiger partial charge in [0.25, 0.3) is 5.91 Å². The number of nitrogens with zero attached hydrogens (tertiary/aromatic N) is 4. The molecule has 1 amide bonds. The number of fused-ring (bicyclic) bond motifs is 1. The van der Waals surface area contributed by atoms with Crippen LogP contribution in [0.4, 0.5) is 5.69 Å². The summed E-state index contributed by atoms with van der Waals surface area (Å²) in [6, 6.07) is 4.93. The summed E-state index contributed by atoms with van der Waals surface area (Å²) in [6.07, 6.45) is 2.87. The third-order valence-corrected chi connectivity index (χ3v) is 3.52. The van der Waals surface area contributed by atoms with Gasteiger partial charge < -0.3 is 10.4 Å². The van der Waals surface area contributed by atoms with Gasteiger partial charge in [-0.2, -0.15) is 20.5 Å². The maximum atomic E-state index is 12.2. The number of hydrogen-bond donors (Lipinski definition) is 3. The molecule has 0 saturated heterocycles.